The molecule has 35 heavy (non-hydrogen) atoms. The number of Topliss-reactive ketones (excluding diaryl/α,β-unsaturated/α-hetero) is 1. The number of amides is 1. The number of pyridine rings is 1. The Labute approximate surface area is 208 Å². The number of benzene rings is 1. The highest BCUT2D eigenvalue weighted by Crippen LogP contribution is 2.43. The number of esters is 1. The van der Waals surface area contributed by atoms with E-state index in [4.69, 9.17) is 9.47 Å². The molecule has 8 nitrogen and oxygen atoms in total. The smallest absolute Gasteiger partial charge is 0.412 e. The molecule has 1 fully saturated rings. The molecule has 184 valence electrons. The highest BCUT2D eigenvalue weighted by molar-refractivity contribution is 7.99. The van der Waals surface area contributed by atoms with Gasteiger partial charge < -0.3 is 14.0 Å². The third-order valence-electron chi connectivity index (χ3n) is 5.54. The van der Waals surface area contributed by atoms with Gasteiger partial charge in [-0.15, -0.1) is 11.8 Å². The molecular weight excluding hydrogens is 466 g/mol. The Balaban J connectivity index is 1.72. The van der Waals surface area contributed by atoms with Gasteiger partial charge >= 0.3 is 12.1 Å². The molecule has 0 N–H and O–H groups in total. The third kappa shape index (κ3) is 5.35. The van der Waals surface area contributed by atoms with Gasteiger partial charge in [0.25, 0.3) is 0 Å². The maximum absolute atomic E-state index is 13.9. The van der Waals surface area contributed by atoms with Crippen molar-refractivity contribution in [2.75, 3.05) is 12.4 Å². The summed E-state index contributed by atoms with van der Waals surface area (Å²) in [5.74, 6) is -0.168. The molecule has 2 atom stereocenters. The number of rotatable bonds is 6. The number of ether oxygens (including phenoxy) is 2. The number of aromatic nitrogens is 2. The highest BCUT2D eigenvalue weighted by Gasteiger charge is 2.45. The van der Waals surface area contributed by atoms with Gasteiger partial charge in [0.15, 0.2) is 5.78 Å². The molecule has 4 rings (SSSR count). The minimum atomic E-state index is -0.734. The van der Waals surface area contributed by atoms with E-state index in [9.17, 15) is 14.4 Å². The van der Waals surface area contributed by atoms with Gasteiger partial charge in [-0.25, -0.2) is 4.79 Å². The summed E-state index contributed by atoms with van der Waals surface area (Å²) in [5, 5.41) is 0.321. The summed E-state index contributed by atoms with van der Waals surface area (Å²) in [5.41, 5.74) is 1.31. The third-order valence-corrected chi connectivity index (χ3v) is 6.86. The number of para-hydroxylation sites is 1. The van der Waals surface area contributed by atoms with Crippen molar-refractivity contribution in [1.29, 1.82) is 0 Å². The topological polar surface area (TPSA) is 90.7 Å². The van der Waals surface area contributed by atoms with Crippen LogP contribution < -0.4 is 0 Å². The molecule has 0 radical (unpaired) electrons. The molecule has 2 aromatic heterocycles. The van der Waals surface area contributed by atoms with E-state index in [0.29, 0.717) is 11.3 Å². The van der Waals surface area contributed by atoms with Gasteiger partial charge in [0, 0.05) is 46.4 Å². The first-order valence-electron chi connectivity index (χ1n) is 11.5. The van der Waals surface area contributed by atoms with Gasteiger partial charge in [0.1, 0.15) is 23.6 Å². The molecular formula is C26H29N3O5S. The lowest BCUT2D eigenvalue weighted by molar-refractivity contribution is -0.143. The van der Waals surface area contributed by atoms with Crippen molar-refractivity contribution in [2.45, 2.75) is 51.3 Å². The molecule has 3 heterocycles. The van der Waals surface area contributed by atoms with Crippen LogP contribution in [0.4, 0.5) is 4.79 Å². The molecule has 2 unspecified atom stereocenters. The Morgan fingerprint density at radius 3 is 2.60 bits per heavy atom. The van der Waals surface area contributed by atoms with E-state index in [1.54, 1.807) is 56.9 Å². The minimum Gasteiger partial charge on any atom is -0.465 e. The van der Waals surface area contributed by atoms with E-state index in [-0.39, 0.29) is 24.9 Å². The van der Waals surface area contributed by atoms with Crippen LogP contribution in [-0.4, -0.2) is 56.3 Å². The molecule has 1 aliphatic heterocycles. The van der Waals surface area contributed by atoms with Crippen LogP contribution >= 0.6 is 11.8 Å². The zero-order valence-corrected chi connectivity index (χ0v) is 21.1. The zero-order chi connectivity index (χ0) is 25.2. The van der Waals surface area contributed by atoms with Crippen molar-refractivity contribution < 1.29 is 23.9 Å². The van der Waals surface area contributed by atoms with E-state index in [0.717, 1.165) is 16.5 Å². The van der Waals surface area contributed by atoms with Crippen LogP contribution in [-0.2, 0) is 20.8 Å². The Morgan fingerprint density at radius 2 is 1.91 bits per heavy atom. The Morgan fingerprint density at radius 1 is 1.14 bits per heavy atom. The Bertz CT molecular complexity index is 1230. The first kappa shape index (κ1) is 24.8. The molecule has 0 aliphatic carbocycles. The normalized spacial score (nSPS) is 18.0. The van der Waals surface area contributed by atoms with E-state index in [1.165, 1.54) is 16.7 Å². The maximum atomic E-state index is 13.9. The fourth-order valence-corrected chi connectivity index (χ4v) is 5.53. The SMILES string of the molecule is CCOC(=O)Cn1cc(C(=O)C2CSC(c3cccnc3)N2C(=O)OC(C)(C)C)c2ccccc21. The van der Waals surface area contributed by atoms with Crippen LogP contribution in [0.15, 0.2) is 55.0 Å². The summed E-state index contributed by atoms with van der Waals surface area (Å²) in [6.45, 7) is 7.42. The van der Waals surface area contributed by atoms with Crippen molar-refractivity contribution in [3.8, 4) is 0 Å². The summed E-state index contributed by atoms with van der Waals surface area (Å²) in [6.07, 6.45) is 4.50. The second kappa shape index (κ2) is 10.1. The fraction of sp³-hybridized carbons (Fsp3) is 0.385. The number of nitrogens with zero attached hydrogens (tertiary/aromatic N) is 3. The van der Waals surface area contributed by atoms with Crippen molar-refractivity contribution in [1.82, 2.24) is 14.5 Å². The average molecular weight is 496 g/mol. The van der Waals surface area contributed by atoms with Gasteiger partial charge in [0.2, 0.25) is 0 Å². The minimum absolute atomic E-state index is 0.00482. The van der Waals surface area contributed by atoms with E-state index in [1.807, 2.05) is 30.3 Å². The lowest BCUT2D eigenvalue weighted by atomic mass is 10.0. The summed E-state index contributed by atoms with van der Waals surface area (Å²) in [4.78, 5) is 45.1. The molecule has 1 aromatic carbocycles. The predicted molar refractivity (Wildman–Crippen MR) is 134 cm³/mol. The van der Waals surface area contributed by atoms with E-state index >= 15 is 0 Å². The largest absolute Gasteiger partial charge is 0.465 e. The quantitative estimate of drug-likeness (QED) is 0.357. The van der Waals surface area contributed by atoms with Crippen LogP contribution in [0.3, 0.4) is 0 Å². The van der Waals surface area contributed by atoms with Crippen LogP contribution in [0.25, 0.3) is 10.9 Å². The molecule has 0 bridgehead atoms. The molecule has 9 heteroatoms. The number of ketones is 1. The van der Waals surface area contributed by atoms with Gasteiger partial charge in [-0.05, 0) is 39.8 Å². The van der Waals surface area contributed by atoms with Crippen LogP contribution in [0, 0.1) is 0 Å². The number of carbonyl (C=O) groups excluding carboxylic acids is 3. The average Bonchev–Trinajstić information content (AvgIpc) is 3.41. The molecule has 1 amide bonds. The zero-order valence-electron chi connectivity index (χ0n) is 20.3. The Hall–Kier alpha value is -3.33. The first-order chi connectivity index (χ1) is 16.7. The summed E-state index contributed by atoms with van der Waals surface area (Å²) in [7, 11) is 0. The van der Waals surface area contributed by atoms with Gasteiger partial charge in [-0.1, -0.05) is 24.3 Å². The van der Waals surface area contributed by atoms with E-state index in [2.05, 4.69) is 4.98 Å². The molecule has 0 saturated carbocycles. The van der Waals surface area contributed by atoms with Crippen molar-refractivity contribution in [3.05, 3.63) is 66.1 Å². The number of carbonyl (C=O) groups is 3. The molecule has 1 aliphatic rings. The fourth-order valence-electron chi connectivity index (χ4n) is 4.12. The highest BCUT2D eigenvalue weighted by atomic mass is 32.2. The summed E-state index contributed by atoms with van der Waals surface area (Å²) in [6, 6.07) is 10.4. The number of hydrogen-bond donors (Lipinski definition) is 0. The summed E-state index contributed by atoms with van der Waals surface area (Å²) >= 11 is 1.50. The maximum Gasteiger partial charge on any atom is 0.412 e. The summed E-state index contributed by atoms with van der Waals surface area (Å²) < 4.78 is 12.5. The monoisotopic (exact) mass is 495 g/mol. The number of hydrogen-bond acceptors (Lipinski definition) is 7. The Kier molecular flexibility index (Phi) is 7.16. The van der Waals surface area contributed by atoms with Crippen molar-refractivity contribution >= 4 is 40.5 Å². The number of thioether (sulfide) groups is 1. The van der Waals surface area contributed by atoms with Crippen molar-refractivity contribution in [3.63, 3.8) is 0 Å². The van der Waals surface area contributed by atoms with Crippen LogP contribution in [0.5, 0.6) is 0 Å². The molecule has 0 spiro atoms. The van der Waals surface area contributed by atoms with Gasteiger partial charge in [-0.3, -0.25) is 19.5 Å². The van der Waals surface area contributed by atoms with E-state index < -0.39 is 23.1 Å². The standard InChI is InChI=1S/C26H29N3O5S/c1-5-33-22(30)15-28-14-19(18-10-6-7-11-20(18)28)23(31)21-16-35-24(17-9-8-12-27-13-17)29(21)25(32)34-26(2,3)4/h6-14,21,24H,5,15-16H2,1-4H3. The van der Waals surface area contributed by atoms with Crippen LogP contribution in [0.1, 0.15) is 49.0 Å². The van der Waals surface area contributed by atoms with Gasteiger partial charge in [0.05, 0.1) is 6.61 Å². The lowest BCUT2D eigenvalue weighted by Gasteiger charge is -2.31. The first-order valence-corrected chi connectivity index (χ1v) is 12.5. The second-order valence-electron chi connectivity index (χ2n) is 9.23. The van der Waals surface area contributed by atoms with Gasteiger partial charge in [-0.2, -0.15) is 0 Å². The lowest BCUT2D eigenvalue weighted by Crippen LogP contribution is -2.45. The second-order valence-corrected chi connectivity index (χ2v) is 10.3. The van der Waals surface area contributed by atoms with Crippen molar-refractivity contribution in [2.24, 2.45) is 0 Å². The molecule has 3 aromatic rings. The van der Waals surface area contributed by atoms with Crippen LogP contribution in [0.2, 0.25) is 0 Å². The predicted octanol–water partition coefficient (Wildman–Crippen LogP) is 4.83. The molecule has 1 saturated heterocycles. The number of fused-ring (bicyclic) bond motifs is 1.